The summed E-state index contributed by atoms with van der Waals surface area (Å²) in [4.78, 5) is 14.5. The molecule has 1 heterocycles. The third-order valence-electron chi connectivity index (χ3n) is 4.74. The molecule has 138 valence electrons. The number of likely N-dealkylation sites (tertiary alicyclic amines) is 1. The molecule has 4 heteroatoms. The normalized spacial score (nSPS) is 22.1. The number of amides is 1. The van der Waals surface area contributed by atoms with Crippen molar-refractivity contribution in [2.24, 2.45) is 11.3 Å². The molecule has 4 nitrogen and oxygen atoms in total. The zero-order valence-electron chi connectivity index (χ0n) is 16.2. The number of piperidine rings is 1. The largest absolute Gasteiger partial charge is 0.497 e. The summed E-state index contributed by atoms with van der Waals surface area (Å²) in [5.74, 6) is 1.29. The van der Waals surface area contributed by atoms with Gasteiger partial charge in [0.25, 0.3) is 0 Å². The molecule has 0 bridgehead atoms. The van der Waals surface area contributed by atoms with Gasteiger partial charge in [-0.3, -0.25) is 9.69 Å². The van der Waals surface area contributed by atoms with Gasteiger partial charge in [-0.15, -0.1) is 0 Å². The maximum atomic E-state index is 12.1. The maximum Gasteiger partial charge on any atom is 0.243 e. The molecule has 1 aliphatic rings. The minimum atomic E-state index is -0.00312. The van der Waals surface area contributed by atoms with Crippen molar-refractivity contribution in [2.75, 3.05) is 27.2 Å². The number of nitrogens with zero attached hydrogens (tertiary/aromatic N) is 1. The molecule has 1 aliphatic heterocycles. The van der Waals surface area contributed by atoms with Gasteiger partial charge in [0.05, 0.1) is 7.11 Å². The minimum Gasteiger partial charge on any atom is -0.497 e. The van der Waals surface area contributed by atoms with Crippen LogP contribution in [-0.2, 0) is 4.79 Å². The van der Waals surface area contributed by atoms with Crippen molar-refractivity contribution in [1.29, 1.82) is 0 Å². The second-order valence-corrected chi connectivity index (χ2v) is 8.05. The molecule has 1 N–H and O–H groups in total. The lowest BCUT2D eigenvalue weighted by molar-refractivity contribution is -0.116. The van der Waals surface area contributed by atoms with E-state index in [1.807, 2.05) is 18.2 Å². The molecule has 2 rings (SSSR count). The van der Waals surface area contributed by atoms with E-state index in [1.165, 1.54) is 12.0 Å². The number of ether oxygens (including phenoxy) is 1. The summed E-state index contributed by atoms with van der Waals surface area (Å²) in [6.07, 6.45) is 5.91. The van der Waals surface area contributed by atoms with E-state index in [0.717, 1.165) is 18.7 Å². The van der Waals surface area contributed by atoms with Crippen molar-refractivity contribution in [3.05, 3.63) is 42.0 Å². The van der Waals surface area contributed by atoms with E-state index in [0.29, 0.717) is 18.5 Å². The monoisotopic (exact) mass is 344 g/mol. The molecule has 1 aromatic rings. The van der Waals surface area contributed by atoms with Gasteiger partial charge in [0, 0.05) is 12.6 Å². The average molecular weight is 344 g/mol. The van der Waals surface area contributed by atoms with Crippen LogP contribution < -0.4 is 10.1 Å². The summed E-state index contributed by atoms with van der Waals surface area (Å²) in [5.41, 5.74) is 1.31. The van der Waals surface area contributed by atoms with Crippen LogP contribution >= 0.6 is 0 Å². The second kappa shape index (κ2) is 8.52. The molecule has 2 atom stereocenters. The van der Waals surface area contributed by atoms with Crippen LogP contribution in [0.4, 0.5) is 0 Å². The first-order valence-corrected chi connectivity index (χ1v) is 9.11. The number of allylic oxidation sites excluding steroid dienone is 1. The average Bonchev–Trinajstić information content (AvgIpc) is 2.58. The lowest BCUT2D eigenvalue weighted by Gasteiger charge is -2.39. The Labute approximate surface area is 152 Å². The predicted octanol–water partition coefficient (Wildman–Crippen LogP) is 3.80. The molecule has 0 spiro atoms. The second-order valence-electron chi connectivity index (χ2n) is 8.05. The lowest BCUT2D eigenvalue weighted by atomic mass is 9.85. The topological polar surface area (TPSA) is 41.6 Å². The van der Waals surface area contributed by atoms with Crippen LogP contribution in [0.3, 0.4) is 0 Å². The summed E-state index contributed by atoms with van der Waals surface area (Å²) in [5, 5.41) is 3.09. The van der Waals surface area contributed by atoms with Crippen molar-refractivity contribution >= 4 is 5.91 Å². The first kappa shape index (κ1) is 19.5. The Morgan fingerprint density at radius 2 is 2.00 bits per heavy atom. The van der Waals surface area contributed by atoms with Crippen LogP contribution in [0.5, 0.6) is 5.75 Å². The number of hydrogen-bond acceptors (Lipinski definition) is 3. The number of benzene rings is 1. The zero-order valence-corrected chi connectivity index (χ0v) is 16.2. The van der Waals surface area contributed by atoms with Crippen molar-refractivity contribution in [3.63, 3.8) is 0 Å². The van der Waals surface area contributed by atoms with Crippen LogP contribution in [0.1, 0.15) is 45.2 Å². The highest BCUT2D eigenvalue weighted by atomic mass is 16.5. The Balaban J connectivity index is 2.03. The van der Waals surface area contributed by atoms with Gasteiger partial charge < -0.3 is 10.1 Å². The molecule has 25 heavy (non-hydrogen) atoms. The third-order valence-corrected chi connectivity index (χ3v) is 4.74. The molecule has 2 unspecified atom stereocenters. The van der Waals surface area contributed by atoms with E-state index < -0.39 is 0 Å². The van der Waals surface area contributed by atoms with Crippen molar-refractivity contribution in [1.82, 2.24) is 10.2 Å². The maximum absolute atomic E-state index is 12.1. The standard InChI is InChI=1S/C21H32N2O2/c1-21(2,3)13-12-19(24)22-15-17-7-6-14-23(4)20(17)16-8-10-18(25-5)11-9-16/h8-13,17,20H,6-7,14-15H2,1-5H3,(H,22,24)/b13-12+. The number of methoxy groups -OCH3 is 1. The smallest absolute Gasteiger partial charge is 0.243 e. The minimum absolute atomic E-state index is 0.00312. The third kappa shape index (κ3) is 5.89. The van der Waals surface area contributed by atoms with Gasteiger partial charge in [-0.25, -0.2) is 0 Å². The van der Waals surface area contributed by atoms with Crippen molar-refractivity contribution in [2.45, 2.75) is 39.7 Å². The molecule has 1 amide bonds. The lowest BCUT2D eigenvalue weighted by Crippen LogP contribution is -2.41. The highest BCUT2D eigenvalue weighted by molar-refractivity contribution is 5.87. The summed E-state index contributed by atoms with van der Waals surface area (Å²) in [6, 6.07) is 8.63. The predicted molar refractivity (Wildman–Crippen MR) is 103 cm³/mol. The van der Waals surface area contributed by atoms with Gasteiger partial charge in [0.2, 0.25) is 5.91 Å². The molecule has 0 aliphatic carbocycles. The van der Waals surface area contributed by atoms with Crippen LogP contribution in [0.2, 0.25) is 0 Å². The zero-order chi connectivity index (χ0) is 18.4. The quantitative estimate of drug-likeness (QED) is 0.826. The van der Waals surface area contributed by atoms with E-state index >= 15 is 0 Å². The van der Waals surface area contributed by atoms with E-state index in [2.05, 4.69) is 50.2 Å². The Kier molecular flexibility index (Phi) is 6.65. The molecular formula is C21H32N2O2. The number of carbonyl (C=O) groups excluding carboxylic acids is 1. The van der Waals surface area contributed by atoms with Crippen LogP contribution in [-0.4, -0.2) is 38.1 Å². The highest BCUT2D eigenvalue weighted by Crippen LogP contribution is 2.35. The Bertz CT molecular complexity index is 587. The van der Waals surface area contributed by atoms with E-state index in [9.17, 15) is 4.79 Å². The van der Waals surface area contributed by atoms with Crippen LogP contribution in [0, 0.1) is 11.3 Å². The fourth-order valence-corrected chi connectivity index (χ4v) is 3.42. The molecule has 0 aromatic heterocycles. The van der Waals surface area contributed by atoms with Gasteiger partial charge >= 0.3 is 0 Å². The van der Waals surface area contributed by atoms with E-state index in [4.69, 9.17) is 4.74 Å². The number of rotatable bonds is 5. The first-order chi connectivity index (χ1) is 11.8. The fraction of sp³-hybridized carbons (Fsp3) is 0.571. The van der Waals surface area contributed by atoms with Gasteiger partial charge in [-0.1, -0.05) is 39.0 Å². The molecule has 1 aromatic carbocycles. The number of carbonyl (C=O) groups is 1. The highest BCUT2D eigenvalue weighted by Gasteiger charge is 2.30. The van der Waals surface area contributed by atoms with Crippen LogP contribution in [0.25, 0.3) is 0 Å². The Hall–Kier alpha value is -1.81. The summed E-state index contributed by atoms with van der Waals surface area (Å²) < 4.78 is 5.27. The first-order valence-electron chi connectivity index (χ1n) is 9.11. The molecule has 0 saturated carbocycles. The van der Waals surface area contributed by atoms with Gasteiger partial charge in [-0.2, -0.15) is 0 Å². The Morgan fingerprint density at radius 1 is 1.32 bits per heavy atom. The van der Waals surface area contributed by atoms with E-state index in [-0.39, 0.29) is 11.3 Å². The summed E-state index contributed by atoms with van der Waals surface area (Å²) in [7, 11) is 3.85. The SMILES string of the molecule is COc1ccc(C2C(CNC(=O)/C=C/C(C)(C)C)CCCN2C)cc1. The number of nitrogens with one attached hydrogen (secondary N) is 1. The molecule has 1 fully saturated rings. The Morgan fingerprint density at radius 3 is 2.60 bits per heavy atom. The van der Waals surface area contributed by atoms with Crippen LogP contribution in [0.15, 0.2) is 36.4 Å². The van der Waals surface area contributed by atoms with E-state index in [1.54, 1.807) is 13.2 Å². The van der Waals surface area contributed by atoms with Crippen molar-refractivity contribution < 1.29 is 9.53 Å². The molecule has 1 saturated heterocycles. The summed E-state index contributed by atoms with van der Waals surface area (Å²) in [6.45, 7) is 8.06. The van der Waals surface area contributed by atoms with Gasteiger partial charge in [-0.05, 0) is 61.5 Å². The molecular weight excluding hydrogens is 312 g/mol. The number of hydrogen-bond donors (Lipinski definition) is 1. The van der Waals surface area contributed by atoms with Crippen molar-refractivity contribution in [3.8, 4) is 5.75 Å². The van der Waals surface area contributed by atoms with Gasteiger partial charge in [0.1, 0.15) is 5.75 Å². The summed E-state index contributed by atoms with van der Waals surface area (Å²) >= 11 is 0. The molecule has 0 radical (unpaired) electrons. The fourth-order valence-electron chi connectivity index (χ4n) is 3.42. The van der Waals surface area contributed by atoms with Gasteiger partial charge in [0.15, 0.2) is 0 Å².